The number of carbonyl (C=O) groups excluding carboxylic acids is 1. The van der Waals surface area contributed by atoms with E-state index in [2.05, 4.69) is 54.4 Å². The molecule has 1 saturated heterocycles. The smallest absolute Gasteiger partial charge is 0.234 e. The van der Waals surface area contributed by atoms with Crippen LogP contribution < -0.4 is 5.32 Å². The van der Waals surface area contributed by atoms with Gasteiger partial charge in [-0.25, -0.2) is 0 Å². The van der Waals surface area contributed by atoms with Crippen molar-refractivity contribution in [3.8, 4) is 0 Å². The van der Waals surface area contributed by atoms with E-state index in [-0.39, 0.29) is 5.91 Å². The molecule has 1 aromatic carbocycles. The number of benzene rings is 1. The van der Waals surface area contributed by atoms with E-state index in [0.717, 1.165) is 32.5 Å². The van der Waals surface area contributed by atoms with Crippen LogP contribution in [0.25, 0.3) is 5.57 Å². The van der Waals surface area contributed by atoms with E-state index in [1.165, 1.54) is 11.1 Å². The molecule has 114 valence electrons. The largest absolute Gasteiger partial charge is 0.355 e. The van der Waals surface area contributed by atoms with Crippen molar-refractivity contribution in [2.24, 2.45) is 5.92 Å². The van der Waals surface area contributed by atoms with E-state index in [1.807, 2.05) is 6.07 Å². The molecule has 1 amide bonds. The summed E-state index contributed by atoms with van der Waals surface area (Å²) in [7, 11) is 0. The summed E-state index contributed by atoms with van der Waals surface area (Å²) in [6, 6.07) is 10.5. The van der Waals surface area contributed by atoms with Crippen LogP contribution in [0.3, 0.4) is 0 Å². The first-order valence-corrected chi connectivity index (χ1v) is 7.88. The summed E-state index contributed by atoms with van der Waals surface area (Å²) < 4.78 is 0. The van der Waals surface area contributed by atoms with Gasteiger partial charge < -0.3 is 5.32 Å². The molecular formula is C18H26N2O. The Labute approximate surface area is 128 Å². The summed E-state index contributed by atoms with van der Waals surface area (Å²) in [4.78, 5) is 14.0. The first-order chi connectivity index (χ1) is 10.1. The van der Waals surface area contributed by atoms with Gasteiger partial charge in [0.1, 0.15) is 0 Å². The second-order valence-corrected chi connectivity index (χ2v) is 6.14. The minimum absolute atomic E-state index is 0.142. The fourth-order valence-corrected chi connectivity index (χ4v) is 2.55. The fourth-order valence-electron chi connectivity index (χ4n) is 2.55. The van der Waals surface area contributed by atoms with Crippen molar-refractivity contribution in [3.05, 3.63) is 42.0 Å². The quantitative estimate of drug-likeness (QED) is 0.902. The van der Waals surface area contributed by atoms with Crippen LogP contribution in [0.5, 0.6) is 0 Å². The molecule has 0 radical (unpaired) electrons. The number of hydrogen-bond acceptors (Lipinski definition) is 2. The van der Waals surface area contributed by atoms with Crippen LogP contribution >= 0.6 is 0 Å². The number of hydrogen-bond donors (Lipinski definition) is 1. The molecular weight excluding hydrogens is 260 g/mol. The summed E-state index contributed by atoms with van der Waals surface area (Å²) in [5, 5.41) is 2.94. The van der Waals surface area contributed by atoms with Gasteiger partial charge in [0.05, 0.1) is 6.54 Å². The predicted molar refractivity (Wildman–Crippen MR) is 87.9 cm³/mol. The number of nitrogens with one attached hydrogen (secondary N) is 1. The topological polar surface area (TPSA) is 32.3 Å². The molecule has 0 aliphatic carbocycles. The number of allylic oxidation sites excluding steroid dienone is 1. The number of rotatable bonds is 5. The minimum atomic E-state index is 0.142. The van der Waals surface area contributed by atoms with Gasteiger partial charge in [-0.15, -0.1) is 0 Å². The normalized spacial score (nSPS) is 17.7. The van der Waals surface area contributed by atoms with E-state index in [4.69, 9.17) is 0 Å². The highest BCUT2D eigenvalue weighted by molar-refractivity contribution is 5.78. The lowest BCUT2D eigenvalue weighted by Gasteiger charge is -2.21. The third-order valence-corrected chi connectivity index (χ3v) is 3.71. The molecule has 21 heavy (non-hydrogen) atoms. The molecule has 2 rings (SSSR count). The summed E-state index contributed by atoms with van der Waals surface area (Å²) in [5.41, 5.74) is 2.60. The standard InChI is InChI=1S/C18H26N2O/c1-15(2)9-10-17(16-7-4-3-5-8-16)13-20-12-6-11-19-18(21)14-20/h3-5,7-8,10,15H,6,9,11-14H2,1-2H3,(H,19,21)/b17-10+. The highest BCUT2D eigenvalue weighted by atomic mass is 16.2. The second kappa shape index (κ2) is 7.99. The molecule has 0 aromatic heterocycles. The Morgan fingerprint density at radius 2 is 2.10 bits per heavy atom. The monoisotopic (exact) mass is 286 g/mol. The number of amides is 1. The molecule has 3 nitrogen and oxygen atoms in total. The predicted octanol–water partition coefficient (Wildman–Crippen LogP) is 2.94. The van der Waals surface area contributed by atoms with E-state index in [0.29, 0.717) is 12.5 Å². The van der Waals surface area contributed by atoms with E-state index in [9.17, 15) is 4.79 Å². The van der Waals surface area contributed by atoms with Crippen LogP contribution in [0.1, 0.15) is 32.3 Å². The zero-order valence-corrected chi connectivity index (χ0v) is 13.1. The Morgan fingerprint density at radius 3 is 2.81 bits per heavy atom. The van der Waals surface area contributed by atoms with Crippen molar-refractivity contribution in [1.29, 1.82) is 0 Å². The summed E-state index contributed by atoms with van der Waals surface area (Å²) in [6.45, 7) is 7.60. The van der Waals surface area contributed by atoms with Gasteiger partial charge in [-0.3, -0.25) is 9.69 Å². The van der Waals surface area contributed by atoms with Crippen LogP contribution in [-0.4, -0.2) is 37.0 Å². The summed E-state index contributed by atoms with van der Waals surface area (Å²) >= 11 is 0. The number of nitrogens with zero attached hydrogens (tertiary/aromatic N) is 1. The van der Waals surface area contributed by atoms with E-state index >= 15 is 0 Å². The molecule has 1 aliphatic heterocycles. The first-order valence-electron chi connectivity index (χ1n) is 7.88. The zero-order valence-electron chi connectivity index (χ0n) is 13.1. The number of carbonyl (C=O) groups is 1. The minimum Gasteiger partial charge on any atom is -0.355 e. The van der Waals surface area contributed by atoms with Gasteiger partial charge in [-0.2, -0.15) is 0 Å². The summed E-state index contributed by atoms with van der Waals surface area (Å²) in [6.07, 6.45) is 4.44. The van der Waals surface area contributed by atoms with Crippen LogP contribution in [0, 0.1) is 5.92 Å². The van der Waals surface area contributed by atoms with Crippen molar-refractivity contribution < 1.29 is 4.79 Å². The van der Waals surface area contributed by atoms with Gasteiger partial charge in [0.25, 0.3) is 0 Å². The van der Waals surface area contributed by atoms with Gasteiger partial charge in [-0.1, -0.05) is 50.3 Å². The SMILES string of the molecule is CC(C)C/C=C(\CN1CCCNC(=O)C1)c1ccccc1. The van der Waals surface area contributed by atoms with Crippen LogP contribution in [0.2, 0.25) is 0 Å². The molecule has 1 fully saturated rings. The zero-order chi connectivity index (χ0) is 15.1. The van der Waals surface area contributed by atoms with Crippen molar-refractivity contribution >= 4 is 11.5 Å². The maximum absolute atomic E-state index is 11.7. The van der Waals surface area contributed by atoms with Gasteiger partial charge in [-0.05, 0) is 29.9 Å². The highest BCUT2D eigenvalue weighted by Crippen LogP contribution is 2.18. The average molecular weight is 286 g/mol. The Bertz CT molecular complexity index is 479. The van der Waals surface area contributed by atoms with E-state index in [1.54, 1.807) is 0 Å². The first kappa shape index (κ1) is 15.8. The van der Waals surface area contributed by atoms with Crippen molar-refractivity contribution in [2.45, 2.75) is 26.7 Å². The van der Waals surface area contributed by atoms with Crippen molar-refractivity contribution in [2.75, 3.05) is 26.2 Å². The lowest BCUT2D eigenvalue weighted by atomic mass is 10.0. The van der Waals surface area contributed by atoms with Crippen LogP contribution in [-0.2, 0) is 4.79 Å². The van der Waals surface area contributed by atoms with Crippen molar-refractivity contribution in [1.82, 2.24) is 10.2 Å². The summed E-state index contributed by atoms with van der Waals surface area (Å²) in [5.74, 6) is 0.792. The second-order valence-electron chi connectivity index (χ2n) is 6.14. The maximum Gasteiger partial charge on any atom is 0.234 e. The Morgan fingerprint density at radius 1 is 1.33 bits per heavy atom. The lowest BCUT2D eigenvalue weighted by Crippen LogP contribution is -2.34. The molecule has 1 N–H and O–H groups in total. The van der Waals surface area contributed by atoms with Crippen molar-refractivity contribution in [3.63, 3.8) is 0 Å². The molecule has 0 bridgehead atoms. The molecule has 0 spiro atoms. The molecule has 1 aromatic rings. The lowest BCUT2D eigenvalue weighted by molar-refractivity contribution is -0.121. The van der Waals surface area contributed by atoms with Gasteiger partial charge in [0, 0.05) is 19.6 Å². The van der Waals surface area contributed by atoms with Gasteiger partial charge in [0.2, 0.25) is 5.91 Å². The third-order valence-electron chi connectivity index (χ3n) is 3.71. The highest BCUT2D eigenvalue weighted by Gasteiger charge is 2.16. The Kier molecular flexibility index (Phi) is 6.00. The fraction of sp³-hybridized carbons (Fsp3) is 0.500. The molecule has 1 heterocycles. The van der Waals surface area contributed by atoms with Crippen LogP contribution in [0.4, 0.5) is 0 Å². The Balaban J connectivity index is 2.12. The van der Waals surface area contributed by atoms with Gasteiger partial charge >= 0.3 is 0 Å². The third kappa shape index (κ3) is 5.35. The van der Waals surface area contributed by atoms with E-state index < -0.39 is 0 Å². The molecule has 0 atom stereocenters. The molecule has 1 aliphatic rings. The maximum atomic E-state index is 11.7. The molecule has 3 heteroatoms. The molecule has 0 saturated carbocycles. The Hall–Kier alpha value is -1.61. The van der Waals surface area contributed by atoms with Gasteiger partial charge in [0.15, 0.2) is 0 Å². The molecule has 0 unspecified atom stereocenters. The average Bonchev–Trinajstić information content (AvgIpc) is 2.68. The van der Waals surface area contributed by atoms with Crippen LogP contribution in [0.15, 0.2) is 36.4 Å².